The molecule has 0 spiro atoms. The van der Waals surface area contributed by atoms with Gasteiger partial charge in [-0.05, 0) is 25.1 Å². The Labute approximate surface area is 1130 Å². The molecule has 28 nitrogen and oxygen atoms in total. The van der Waals surface area contributed by atoms with Gasteiger partial charge in [0.15, 0.2) is 5.78 Å². The van der Waals surface area contributed by atoms with E-state index in [0.29, 0.717) is 58.4 Å². The van der Waals surface area contributed by atoms with Gasteiger partial charge in [-0.25, -0.2) is 38.0 Å². The fourth-order valence-electron chi connectivity index (χ4n) is 5.22. The number of Topliss-reactive ketones (excluding diaryl/α,β-unsaturated/α-hetero) is 3. The maximum absolute atomic E-state index is 12.4. The average Bonchev–Trinajstić information content (AvgIpc) is 3.97. The number of aliphatic carboxylic acids is 4. The molecule has 507 valence electrons. The molecule has 0 unspecified atom stereocenters. The summed E-state index contributed by atoms with van der Waals surface area (Å²) in [5, 5.41) is 41.2. The van der Waals surface area contributed by atoms with E-state index in [-0.39, 0.29) is 725 Å². The van der Waals surface area contributed by atoms with Crippen molar-refractivity contribution in [2.45, 2.75) is 111 Å². The van der Waals surface area contributed by atoms with E-state index >= 15 is 0 Å². The van der Waals surface area contributed by atoms with Crippen LogP contribution >= 0.6 is 15.9 Å². The number of alkyl halides is 1. The van der Waals surface area contributed by atoms with Crippen LogP contribution in [0.4, 0.5) is 0 Å². The number of carboxylic acid groups (broad SMARTS) is 4. The van der Waals surface area contributed by atoms with Crippen LogP contribution in [0.25, 0.3) is 0 Å². The molecule has 2 aliphatic heterocycles. The molecule has 101 heavy (non-hydrogen) atoms. The van der Waals surface area contributed by atoms with Crippen LogP contribution in [0.2, 0.25) is 0 Å². The Morgan fingerprint density at radius 3 is 0.644 bits per heavy atom. The SMILES string of the molecule is CBr.CC.CCCC(=O)C([C-]=O)(N1C(=O)C=CC1=O)N1C(=O)C=CC1=O.CCCC(=O)C([C-]=O)(NC(=O)/C=C\C(=O)O)NC(=O)/C=C\C(=O)O.CCCC(=O)C([C-]=O)(NC(=O)/C=C\C(=O)O)NC(=O)/C=C\C(=O)O.[CH2-]C.[CH2-]C.[CH2-]C.[Y].[Y].[Y].[Y].[Y].[Y].[Y].[Y].[Y].[Y].[Y].[Y].[Y].[Y].[Y].[Y].[Y].[Y].[Y].[Y].[Y]. The number of carbonyl (C=O) groups is 15. The van der Waals surface area contributed by atoms with E-state index in [0.717, 1.165) is 24.3 Å². The van der Waals surface area contributed by atoms with Crippen molar-refractivity contribution in [3.63, 3.8) is 0 Å². The number of imide groups is 2. The van der Waals surface area contributed by atoms with Crippen molar-refractivity contribution in [2.75, 3.05) is 5.83 Å². The zero-order chi connectivity index (χ0) is 64.0. The summed E-state index contributed by atoms with van der Waals surface area (Å²) in [6.07, 6.45) is 11.3. The molecule has 0 aromatic heterocycles. The summed E-state index contributed by atoms with van der Waals surface area (Å²) in [5.41, 5.74) is -7.82. The number of hydrogen-bond acceptors (Lipinski definition) is 18. The second-order valence-electron chi connectivity index (χ2n) is 13.3. The minimum absolute atomic E-state index is 0. The number of carbonyl (C=O) groups excluding carboxylic acids is 14. The van der Waals surface area contributed by atoms with E-state index in [1.165, 1.54) is 18.9 Å². The van der Waals surface area contributed by atoms with Gasteiger partial charge >= 0.3 is 23.9 Å². The molecule has 8 amide bonds. The van der Waals surface area contributed by atoms with E-state index in [2.05, 4.69) is 36.7 Å². The number of hydrogen-bond donors (Lipinski definition) is 8. The Kier molecular flexibility index (Phi) is 239. The molecule has 0 atom stereocenters. The Balaban J connectivity index is -0.0000000278. The number of carboxylic acids is 4. The van der Waals surface area contributed by atoms with Crippen LogP contribution in [-0.4, -0.2) is 160 Å². The molecule has 2 aliphatic rings. The van der Waals surface area contributed by atoms with Crippen LogP contribution in [0.1, 0.15) is 93.9 Å². The molecule has 50 heteroatoms. The van der Waals surface area contributed by atoms with Gasteiger partial charge in [0.1, 0.15) is 11.6 Å². The fraction of sp³-hybridized carbons (Fsp3) is 0.353. The van der Waals surface area contributed by atoms with Crippen molar-refractivity contribution in [3.05, 3.63) is 93.7 Å². The number of halogens is 1. The number of ketones is 3. The van der Waals surface area contributed by atoms with Gasteiger partial charge in [-0.2, -0.15) is 20.8 Å². The van der Waals surface area contributed by atoms with Gasteiger partial charge in [0.25, 0.3) is 23.6 Å². The van der Waals surface area contributed by atoms with Gasteiger partial charge in [0, 0.05) is 779 Å². The number of amides is 8. The molecule has 0 saturated heterocycles. The zero-order valence-corrected chi connectivity index (χ0v) is 119. The van der Waals surface area contributed by atoms with Crippen molar-refractivity contribution in [1.29, 1.82) is 0 Å². The first-order valence-electron chi connectivity index (χ1n) is 23.1. The predicted octanol–water partition coefficient (Wildman–Crippen LogP) is 0.869. The summed E-state index contributed by atoms with van der Waals surface area (Å²) < 4.78 is 0. The molecule has 0 aliphatic carbocycles. The van der Waals surface area contributed by atoms with Crippen LogP contribution in [0.5, 0.6) is 0 Å². The van der Waals surface area contributed by atoms with E-state index in [9.17, 15) is 86.3 Å². The van der Waals surface area contributed by atoms with Crippen molar-refractivity contribution >= 4 is 123 Å². The Morgan fingerprint density at radius 2 is 0.515 bits per heavy atom. The van der Waals surface area contributed by atoms with Crippen LogP contribution in [-0.2, 0) is 773 Å². The zero-order valence-electron chi connectivity index (χ0n) is 57.3. The van der Waals surface area contributed by atoms with E-state index in [1.807, 2.05) is 40.9 Å². The molecule has 0 saturated carbocycles. The van der Waals surface area contributed by atoms with Gasteiger partial charge in [-0.15, -0.1) is 0 Å². The Bertz CT molecular complexity index is 2220. The number of nitrogens with zero attached hydrogens (tertiary/aromatic N) is 2. The quantitative estimate of drug-likeness (QED) is 0.0149. The second-order valence-corrected chi connectivity index (χ2v) is 13.3. The van der Waals surface area contributed by atoms with Crippen LogP contribution in [0.3, 0.4) is 0 Å². The maximum Gasteiger partial charge on any atom is 0.328 e. The monoisotopic (exact) mass is 3060 g/mol. The predicted molar refractivity (Wildman–Crippen MR) is 286 cm³/mol. The van der Waals surface area contributed by atoms with Gasteiger partial charge in [0.05, 0.1) is 17.0 Å². The van der Waals surface area contributed by atoms with Crippen molar-refractivity contribution in [1.82, 2.24) is 31.1 Å². The standard InChI is InChI=1S/2C14H15N2O8.C14H11N2O6.C2H6.3C2H5.CH3Br.21Y/c2*1-2-3-9(18)14(8-17,15-10(19)4-6-12(21)22)16-11(20)5-7-13(23)24;1-2-3-9(18)14(8-17,15-10(19)4-5-11(15)20)16-12(21)6-7-13(16)22;5*1-2;;;;;;;;;;;;;;;;;;;;;/h2*4-7H,2-3H2,1H3,(H,15,19)(H,16,20)(H,21,22)(H,23,24);4-7H,2-3H2,1H3;1-2H3;3*1H2,2H3;1H3;;;;;;;;;;;;;;;;;;;;;/q3*-1;;3*-1;;;;;;;;;;;;;;;;;;;;;;/b2*6-4-,7-5-;;;;;;;;;;;;;;;;;;;;;;;;;;;. The minimum atomic E-state index is -2.70. The molecule has 0 aromatic carbocycles. The first kappa shape index (κ1) is 193. The largest absolute Gasteiger partial charge is 0.537 e. The second kappa shape index (κ2) is 125. The molecule has 2 rings (SSSR count). The number of nitrogens with one attached hydrogen (secondary N) is 4. The molecule has 8 N–H and O–H groups in total. The van der Waals surface area contributed by atoms with E-state index in [4.69, 9.17) is 20.4 Å². The summed E-state index contributed by atoms with van der Waals surface area (Å²) in [5.74, 6) is -15.2. The van der Waals surface area contributed by atoms with Gasteiger partial charge < -0.3 is 76.8 Å². The smallest absolute Gasteiger partial charge is 0.328 e. The maximum atomic E-state index is 12.4. The van der Waals surface area contributed by atoms with E-state index in [1.54, 1.807) is 41.5 Å². The Hall–Kier alpha value is 14.2. The Morgan fingerprint density at radius 1 is 0.356 bits per heavy atom. The summed E-state index contributed by atoms with van der Waals surface area (Å²) >= 11 is 2.94. The number of rotatable bonds is 26. The molecular weight excluding hydrogens is 3000 g/mol. The van der Waals surface area contributed by atoms with Gasteiger partial charge in [0.2, 0.25) is 23.6 Å². The summed E-state index contributed by atoms with van der Waals surface area (Å²) in [7, 11) is 0. The van der Waals surface area contributed by atoms with Crippen LogP contribution in [0.15, 0.2) is 72.9 Å². The summed E-state index contributed by atoms with van der Waals surface area (Å²) in [6.45, 7) is 23.8. The third kappa shape index (κ3) is 87.4. The van der Waals surface area contributed by atoms with Crippen molar-refractivity contribution in [3.8, 4) is 0 Å². The van der Waals surface area contributed by atoms with Crippen molar-refractivity contribution < 1.29 is 794 Å². The fourth-order valence-corrected chi connectivity index (χ4v) is 5.22. The average molecular weight is 3060 g/mol. The normalized spacial score (nSPS) is 9.51. The van der Waals surface area contributed by atoms with Crippen LogP contribution in [0, 0.1) is 20.8 Å². The van der Waals surface area contributed by atoms with Crippen molar-refractivity contribution in [2.24, 2.45) is 0 Å². The molecule has 0 fully saturated rings. The van der Waals surface area contributed by atoms with Gasteiger partial charge in [-0.1, -0.05) is 50.5 Å². The molecule has 0 bridgehead atoms. The molecule has 21 radical (unpaired) electrons. The third-order valence-electron chi connectivity index (χ3n) is 8.12. The topological polar surface area (TPSA) is 443 Å². The summed E-state index contributed by atoms with van der Waals surface area (Å²) in [6, 6.07) is 0. The summed E-state index contributed by atoms with van der Waals surface area (Å²) in [4.78, 5) is 207. The molecule has 0 aromatic rings. The molecular formula is C51H65BrN6O22Y21-6. The van der Waals surface area contributed by atoms with Gasteiger partial charge in [-0.3, -0.25) is 62.5 Å². The first-order valence-corrected chi connectivity index (χ1v) is 24.6. The molecule has 2 heterocycles. The van der Waals surface area contributed by atoms with Crippen LogP contribution < -0.4 is 21.3 Å². The third-order valence-corrected chi connectivity index (χ3v) is 8.12. The minimum Gasteiger partial charge on any atom is -0.537 e. The first-order chi connectivity index (χ1) is 37.7. The van der Waals surface area contributed by atoms with E-state index < -0.39 is 105 Å².